The molecule has 0 radical (unpaired) electrons. The van der Waals surface area contributed by atoms with Gasteiger partial charge in [-0.2, -0.15) is 0 Å². The highest BCUT2D eigenvalue weighted by Crippen LogP contribution is 2.45. The summed E-state index contributed by atoms with van der Waals surface area (Å²) in [7, 11) is 0. The van der Waals surface area contributed by atoms with Crippen molar-refractivity contribution in [2.75, 3.05) is 6.61 Å². The number of hydrogen-bond donors (Lipinski definition) is 2. The summed E-state index contributed by atoms with van der Waals surface area (Å²) in [5, 5.41) is 20.7. The third-order valence-electron chi connectivity index (χ3n) is 7.38. The van der Waals surface area contributed by atoms with Crippen molar-refractivity contribution in [2.24, 2.45) is 29.1 Å². The van der Waals surface area contributed by atoms with Crippen LogP contribution in [0.25, 0.3) is 0 Å². The number of aliphatic hydroxyl groups is 2. The van der Waals surface area contributed by atoms with E-state index in [-0.39, 0.29) is 49.3 Å². The van der Waals surface area contributed by atoms with Crippen LogP contribution >= 0.6 is 0 Å². The number of carbonyl (C=O) groups is 2. The monoisotopic (exact) mass is 464 g/mol. The molecule has 2 N–H and O–H groups in total. The Labute approximate surface area is 199 Å². The van der Waals surface area contributed by atoms with Gasteiger partial charge < -0.3 is 19.7 Å². The molecule has 2 aliphatic rings. The zero-order chi connectivity index (χ0) is 24.8. The zero-order valence-electron chi connectivity index (χ0n) is 21.3. The fraction of sp³-hybridized carbons (Fsp3) is 0.778. The molecule has 0 aromatic carbocycles. The number of ether oxygens (including phenoxy) is 2. The number of hydrogen-bond acceptors (Lipinski definition) is 6. The lowest BCUT2D eigenvalue weighted by Gasteiger charge is -2.44. The fourth-order valence-electron chi connectivity index (χ4n) is 4.98. The summed E-state index contributed by atoms with van der Waals surface area (Å²) in [6.07, 6.45) is 7.70. The van der Waals surface area contributed by atoms with E-state index in [0.717, 1.165) is 19.3 Å². The third-order valence-corrected chi connectivity index (χ3v) is 7.38. The average Bonchev–Trinajstić information content (AvgIpc) is 2.72. The molecule has 0 aliphatic heterocycles. The van der Waals surface area contributed by atoms with Crippen molar-refractivity contribution in [3.05, 3.63) is 23.8 Å². The van der Waals surface area contributed by atoms with Gasteiger partial charge in [0.25, 0.3) is 0 Å². The Morgan fingerprint density at radius 3 is 2.52 bits per heavy atom. The molecule has 6 heteroatoms. The van der Waals surface area contributed by atoms with Gasteiger partial charge >= 0.3 is 11.9 Å². The predicted octanol–water partition coefficient (Wildman–Crippen LogP) is 4.58. The van der Waals surface area contributed by atoms with Crippen LogP contribution in [-0.2, 0) is 19.1 Å². The summed E-state index contributed by atoms with van der Waals surface area (Å²) in [6.45, 7) is 12.2. The lowest BCUT2D eigenvalue weighted by Crippen LogP contribution is -2.43. The third kappa shape index (κ3) is 7.68. The maximum Gasteiger partial charge on any atom is 0.311 e. The molecule has 0 heterocycles. The topological polar surface area (TPSA) is 93.1 Å². The molecule has 0 bridgehead atoms. The van der Waals surface area contributed by atoms with E-state index in [1.54, 1.807) is 6.92 Å². The molecule has 0 unspecified atom stereocenters. The minimum atomic E-state index is -0.918. The predicted molar refractivity (Wildman–Crippen MR) is 128 cm³/mol. The molecule has 188 valence electrons. The Bertz CT molecular complexity index is 724. The maximum atomic E-state index is 12.9. The number of fused-ring (bicyclic) bond motifs is 1. The minimum absolute atomic E-state index is 0.105. The summed E-state index contributed by atoms with van der Waals surface area (Å²) in [4.78, 5) is 24.5. The molecule has 0 fully saturated rings. The number of esters is 2. The van der Waals surface area contributed by atoms with Crippen molar-refractivity contribution in [1.29, 1.82) is 0 Å². The Morgan fingerprint density at radius 2 is 1.88 bits per heavy atom. The average molecular weight is 465 g/mol. The van der Waals surface area contributed by atoms with Gasteiger partial charge in [-0.3, -0.25) is 9.59 Å². The highest BCUT2D eigenvalue weighted by atomic mass is 16.5. The Balaban J connectivity index is 2.07. The zero-order valence-corrected chi connectivity index (χ0v) is 21.3. The van der Waals surface area contributed by atoms with Crippen LogP contribution in [0.15, 0.2) is 23.8 Å². The smallest absolute Gasteiger partial charge is 0.311 e. The molecule has 6 nitrogen and oxygen atoms in total. The summed E-state index contributed by atoms with van der Waals surface area (Å²) < 4.78 is 11.0. The first-order valence-electron chi connectivity index (χ1n) is 12.6. The van der Waals surface area contributed by atoms with Crippen molar-refractivity contribution in [2.45, 2.75) is 98.4 Å². The van der Waals surface area contributed by atoms with Gasteiger partial charge in [0.1, 0.15) is 6.10 Å². The van der Waals surface area contributed by atoms with Crippen molar-refractivity contribution >= 4 is 11.9 Å². The molecule has 0 aromatic heterocycles. The normalized spacial score (nSPS) is 29.0. The second-order valence-electron chi connectivity index (χ2n) is 10.6. The van der Waals surface area contributed by atoms with Gasteiger partial charge in [-0.15, -0.1) is 0 Å². The number of aliphatic hydroxyl groups excluding tert-OH is 2. The summed E-state index contributed by atoms with van der Waals surface area (Å²) in [5.74, 6) is 0.363. The van der Waals surface area contributed by atoms with Gasteiger partial charge in [0.2, 0.25) is 0 Å². The van der Waals surface area contributed by atoms with E-state index in [1.165, 1.54) is 5.57 Å². The van der Waals surface area contributed by atoms with Crippen LogP contribution in [-0.4, -0.2) is 47.1 Å². The lowest BCUT2D eigenvalue weighted by molar-refractivity contribution is -0.164. The molecule has 2 rings (SSSR count). The molecule has 0 saturated heterocycles. The van der Waals surface area contributed by atoms with E-state index >= 15 is 0 Å². The van der Waals surface area contributed by atoms with Crippen molar-refractivity contribution in [3.8, 4) is 0 Å². The van der Waals surface area contributed by atoms with Crippen LogP contribution in [0.2, 0.25) is 0 Å². The van der Waals surface area contributed by atoms with Gasteiger partial charge in [-0.1, -0.05) is 39.0 Å². The van der Waals surface area contributed by atoms with Crippen LogP contribution in [0.4, 0.5) is 0 Å². The SMILES string of the molecule is CCOC(=O)C[C@@H](O)C[C@@H](O)CC[C@@H]1[C@@H]2C(=C[C@@H](C)C[C@H]2OC(=O)C(C)(C)CC)C=C[C@@H]1C. The molecule has 0 amide bonds. The Kier molecular flexibility index (Phi) is 10.2. The molecular formula is C27H44O6. The van der Waals surface area contributed by atoms with E-state index in [1.807, 2.05) is 20.8 Å². The Hall–Kier alpha value is -1.66. The van der Waals surface area contributed by atoms with E-state index < -0.39 is 23.6 Å². The summed E-state index contributed by atoms with van der Waals surface area (Å²) in [6, 6.07) is 0. The number of rotatable bonds is 11. The van der Waals surface area contributed by atoms with E-state index in [0.29, 0.717) is 12.3 Å². The highest BCUT2D eigenvalue weighted by Gasteiger charge is 2.42. The van der Waals surface area contributed by atoms with Gasteiger partial charge in [0.05, 0.1) is 30.7 Å². The van der Waals surface area contributed by atoms with Crippen LogP contribution < -0.4 is 0 Å². The minimum Gasteiger partial charge on any atom is -0.466 e. The first kappa shape index (κ1) is 27.6. The van der Waals surface area contributed by atoms with Gasteiger partial charge in [0, 0.05) is 5.92 Å². The first-order valence-corrected chi connectivity index (χ1v) is 12.6. The summed E-state index contributed by atoms with van der Waals surface area (Å²) in [5.41, 5.74) is 0.710. The second kappa shape index (κ2) is 12.2. The molecule has 2 aliphatic carbocycles. The van der Waals surface area contributed by atoms with Crippen molar-refractivity contribution < 1.29 is 29.3 Å². The second-order valence-corrected chi connectivity index (χ2v) is 10.6. The summed E-state index contributed by atoms with van der Waals surface area (Å²) >= 11 is 0. The Morgan fingerprint density at radius 1 is 1.18 bits per heavy atom. The van der Waals surface area contributed by atoms with Crippen LogP contribution in [0.1, 0.15) is 80.1 Å². The first-order chi connectivity index (χ1) is 15.5. The van der Waals surface area contributed by atoms with Gasteiger partial charge in [-0.25, -0.2) is 0 Å². The van der Waals surface area contributed by atoms with Gasteiger partial charge in [0.15, 0.2) is 0 Å². The van der Waals surface area contributed by atoms with Crippen LogP contribution in [0.5, 0.6) is 0 Å². The highest BCUT2D eigenvalue weighted by molar-refractivity contribution is 5.76. The largest absolute Gasteiger partial charge is 0.466 e. The van der Waals surface area contributed by atoms with Gasteiger partial charge in [-0.05, 0) is 76.2 Å². The molecule has 33 heavy (non-hydrogen) atoms. The molecule has 0 saturated carbocycles. The van der Waals surface area contributed by atoms with Crippen LogP contribution in [0.3, 0.4) is 0 Å². The van der Waals surface area contributed by atoms with E-state index in [2.05, 4.69) is 32.1 Å². The fourth-order valence-corrected chi connectivity index (χ4v) is 4.98. The van der Waals surface area contributed by atoms with E-state index in [4.69, 9.17) is 9.47 Å². The van der Waals surface area contributed by atoms with E-state index in [9.17, 15) is 19.8 Å². The standard InChI is InChI=1S/C27H44O6/c1-7-27(5,6)26(31)33-23-14-17(3)13-19-10-9-18(4)22(25(19)23)12-11-20(28)15-21(29)16-24(30)32-8-2/h9-10,13,17-18,20-23,25,28-29H,7-8,11-12,14-16H2,1-6H3/t17-,18+,20+,21+,22+,23-,25+/m1/s1. The number of allylic oxidation sites excluding steroid dienone is 3. The maximum absolute atomic E-state index is 12.9. The van der Waals surface area contributed by atoms with Crippen molar-refractivity contribution in [3.63, 3.8) is 0 Å². The van der Waals surface area contributed by atoms with Crippen molar-refractivity contribution in [1.82, 2.24) is 0 Å². The van der Waals surface area contributed by atoms with Crippen LogP contribution in [0, 0.1) is 29.1 Å². The molecule has 0 spiro atoms. The molecule has 0 aromatic rings. The molecule has 7 atom stereocenters. The molecular weight excluding hydrogens is 420 g/mol. The quantitative estimate of drug-likeness (QED) is 0.435. The number of carbonyl (C=O) groups excluding carboxylic acids is 2. The lowest BCUT2D eigenvalue weighted by atomic mass is 9.65.